The van der Waals surface area contributed by atoms with Gasteiger partial charge in [-0.2, -0.15) is 0 Å². The highest BCUT2D eigenvalue weighted by atomic mass is 35.5. The Labute approximate surface area is 229 Å². The first-order valence-electron chi connectivity index (χ1n) is 11.3. The van der Waals surface area contributed by atoms with Crippen LogP contribution in [0.5, 0.6) is 0 Å². The Morgan fingerprint density at radius 3 is 2.51 bits per heavy atom. The third kappa shape index (κ3) is 6.42. The van der Waals surface area contributed by atoms with E-state index in [9.17, 15) is 13.2 Å². The molecule has 0 spiro atoms. The Morgan fingerprint density at radius 2 is 1.86 bits per heavy atom. The molecule has 194 valence electrons. The number of benzene rings is 2. The second-order valence-corrected chi connectivity index (χ2v) is 13.2. The van der Waals surface area contributed by atoms with Crippen molar-refractivity contribution in [2.24, 2.45) is 0 Å². The molecule has 0 aliphatic heterocycles. The summed E-state index contributed by atoms with van der Waals surface area (Å²) in [6.07, 6.45) is 1.74. The minimum atomic E-state index is -3.65. The summed E-state index contributed by atoms with van der Waals surface area (Å²) in [6, 6.07) is 13.9. The van der Waals surface area contributed by atoms with Gasteiger partial charge in [-0.3, -0.25) is 9.36 Å². The van der Waals surface area contributed by atoms with Crippen LogP contribution in [0.4, 0.5) is 5.69 Å². The summed E-state index contributed by atoms with van der Waals surface area (Å²) in [6.45, 7) is 9.60. The predicted molar refractivity (Wildman–Crippen MR) is 152 cm³/mol. The largest absolute Gasteiger partial charge is 0.325 e. The summed E-state index contributed by atoms with van der Waals surface area (Å²) in [5, 5.41) is 13.6. The van der Waals surface area contributed by atoms with Crippen molar-refractivity contribution in [1.82, 2.24) is 19.5 Å². The van der Waals surface area contributed by atoms with E-state index >= 15 is 0 Å². The van der Waals surface area contributed by atoms with Crippen LogP contribution in [0.1, 0.15) is 20.8 Å². The predicted octanol–water partition coefficient (Wildman–Crippen LogP) is 5.81. The van der Waals surface area contributed by atoms with Crippen LogP contribution in [0.3, 0.4) is 0 Å². The summed E-state index contributed by atoms with van der Waals surface area (Å²) < 4.78 is 30.5. The maximum absolute atomic E-state index is 12.6. The zero-order chi connectivity index (χ0) is 26.8. The van der Waals surface area contributed by atoms with Gasteiger partial charge in [-0.25, -0.2) is 13.1 Å². The Morgan fingerprint density at radius 1 is 1.16 bits per heavy atom. The highest BCUT2D eigenvalue weighted by molar-refractivity contribution is 7.99. The number of fused-ring (bicyclic) bond motifs is 1. The molecule has 0 bridgehead atoms. The van der Waals surface area contributed by atoms with Crippen LogP contribution in [-0.2, 0) is 21.4 Å². The Kier molecular flexibility index (Phi) is 8.10. The fourth-order valence-corrected chi connectivity index (χ4v) is 7.20. The number of aromatic nitrogens is 3. The lowest BCUT2D eigenvalue weighted by atomic mass is 10.1. The molecule has 4 aromatic rings. The van der Waals surface area contributed by atoms with Crippen molar-refractivity contribution in [3.8, 4) is 10.7 Å². The summed E-state index contributed by atoms with van der Waals surface area (Å²) in [5.74, 6) is 0.443. The van der Waals surface area contributed by atoms with Gasteiger partial charge in [-0.05, 0) is 51.1 Å². The van der Waals surface area contributed by atoms with E-state index < -0.39 is 15.6 Å². The molecule has 0 saturated carbocycles. The number of anilines is 1. The fourth-order valence-electron chi connectivity index (χ4n) is 3.52. The first-order valence-corrected chi connectivity index (χ1v) is 14.9. The number of carbonyl (C=O) groups is 1. The molecule has 0 aliphatic rings. The summed E-state index contributed by atoms with van der Waals surface area (Å²) in [4.78, 5) is 13.5. The summed E-state index contributed by atoms with van der Waals surface area (Å²) in [7, 11) is -3.65. The average molecular weight is 576 g/mol. The van der Waals surface area contributed by atoms with Crippen LogP contribution in [0, 0.1) is 0 Å². The van der Waals surface area contributed by atoms with Crippen molar-refractivity contribution in [3.05, 3.63) is 66.2 Å². The number of amides is 1. The molecular formula is C25H26ClN5O3S3. The second-order valence-electron chi connectivity index (χ2n) is 9.16. The number of allylic oxidation sites excluding steroid dienone is 1. The van der Waals surface area contributed by atoms with E-state index in [1.54, 1.807) is 39.0 Å². The highest BCUT2D eigenvalue weighted by Gasteiger charge is 2.23. The van der Waals surface area contributed by atoms with E-state index in [-0.39, 0.29) is 16.6 Å². The molecule has 12 heteroatoms. The molecule has 37 heavy (non-hydrogen) atoms. The van der Waals surface area contributed by atoms with Crippen LogP contribution in [0.25, 0.3) is 20.8 Å². The van der Waals surface area contributed by atoms with Crippen LogP contribution >= 0.6 is 34.7 Å². The summed E-state index contributed by atoms with van der Waals surface area (Å²) in [5.41, 5.74) is -0.109. The van der Waals surface area contributed by atoms with Gasteiger partial charge in [-0.1, -0.05) is 47.6 Å². The topological polar surface area (TPSA) is 106 Å². The molecule has 8 nitrogen and oxygen atoms in total. The molecule has 0 fully saturated rings. The zero-order valence-corrected chi connectivity index (χ0v) is 23.7. The van der Waals surface area contributed by atoms with Crippen LogP contribution in [-0.4, -0.2) is 40.4 Å². The standard InChI is InChI=1S/C25H26ClN5O3S3/c1-5-14-31-23(22-21(26)18-8-6-7-9-19(18)36-22)28-29-24(31)35-15-20(32)27-16-10-12-17(13-11-16)37(33,34)30-25(2,3)4/h5-13,30H,1,14-15H2,2-4H3,(H,27,32). The van der Waals surface area contributed by atoms with Crippen LogP contribution < -0.4 is 10.0 Å². The number of nitrogens with one attached hydrogen (secondary N) is 2. The molecule has 2 N–H and O–H groups in total. The molecule has 0 atom stereocenters. The number of nitrogens with zero attached hydrogens (tertiary/aromatic N) is 3. The first-order chi connectivity index (χ1) is 17.5. The number of hydrogen-bond donors (Lipinski definition) is 2. The van der Waals surface area contributed by atoms with Gasteiger partial charge < -0.3 is 5.32 Å². The van der Waals surface area contributed by atoms with E-state index in [0.717, 1.165) is 15.0 Å². The number of hydrogen-bond acceptors (Lipinski definition) is 7. The van der Waals surface area contributed by atoms with Gasteiger partial charge in [0.15, 0.2) is 11.0 Å². The summed E-state index contributed by atoms with van der Waals surface area (Å²) >= 11 is 9.43. The van der Waals surface area contributed by atoms with Crippen molar-refractivity contribution >= 4 is 66.4 Å². The minimum absolute atomic E-state index is 0.0844. The molecule has 0 radical (unpaired) electrons. The van der Waals surface area contributed by atoms with Gasteiger partial charge in [0.05, 0.1) is 20.5 Å². The van der Waals surface area contributed by atoms with Gasteiger partial charge in [0.25, 0.3) is 0 Å². The normalized spacial score (nSPS) is 12.1. The molecule has 0 saturated heterocycles. The van der Waals surface area contributed by atoms with Crippen molar-refractivity contribution in [1.29, 1.82) is 0 Å². The number of halogens is 1. The molecule has 4 rings (SSSR count). The second kappa shape index (κ2) is 11.0. The molecule has 2 aromatic carbocycles. The first kappa shape index (κ1) is 27.3. The number of sulfonamides is 1. The van der Waals surface area contributed by atoms with E-state index in [1.165, 1.54) is 35.2 Å². The van der Waals surface area contributed by atoms with Crippen LogP contribution in [0.15, 0.2) is 71.2 Å². The van der Waals surface area contributed by atoms with E-state index in [0.29, 0.717) is 28.2 Å². The van der Waals surface area contributed by atoms with E-state index in [4.69, 9.17) is 11.6 Å². The van der Waals surface area contributed by atoms with Gasteiger partial charge in [0.2, 0.25) is 15.9 Å². The Balaban J connectivity index is 1.45. The molecule has 2 aromatic heterocycles. The lowest BCUT2D eigenvalue weighted by molar-refractivity contribution is -0.113. The molecule has 2 heterocycles. The SMILES string of the molecule is C=CCn1c(SCC(=O)Nc2ccc(S(=O)(=O)NC(C)(C)C)cc2)nnc1-c1sc2ccccc2c1Cl. The maximum atomic E-state index is 12.6. The minimum Gasteiger partial charge on any atom is -0.325 e. The van der Waals surface area contributed by atoms with Gasteiger partial charge in [-0.15, -0.1) is 28.1 Å². The maximum Gasteiger partial charge on any atom is 0.241 e. The lowest BCUT2D eigenvalue weighted by Crippen LogP contribution is -2.40. The lowest BCUT2D eigenvalue weighted by Gasteiger charge is -2.20. The third-order valence-corrected chi connectivity index (χ3v) is 9.40. The number of carbonyl (C=O) groups excluding carboxylic acids is 1. The van der Waals surface area contributed by atoms with Gasteiger partial charge in [0, 0.05) is 27.9 Å². The number of thioether (sulfide) groups is 1. The van der Waals surface area contributed by atoms with E-state index in [2.05, 4.69) is 26.8 Å². The third-order valence-electron chi connectivity index (χ3n) is 4.99. The quantitative estimate of drug-likeness (QED) is 0.193. The number of thiophene rings is 1. The van der Waals surface area contributed by atoms with Crippen molar-refractivity contribution in [2.45, 2.75) is 42.9 Å². The molecule has 1 amide bonds. The average Bonchev–Trinajstić information content (AvgIpc) is 3.37. The molecule has 0 aliphatic carbocycles. The smallest absolute Gasteiger partial charge is 0.241 e. The van der Waals surface area contributed by atoms with Gasteiger partial charge >= 0.3 is 0 Å². The van der Waals surface area contributed by atoms with E-state index in [1.807, 2.05) is 28.8 Å². The molecule has 0 unspecified atom stereocenters. The monoisotopic (exact) mass is 575 g/mol. The van der Waals surface area contributed by atoms with Gasteiger partial charge in [0.1, 0.15) is 0 Å². The van der Waals surface area contributed by atoms with Crippen molar-refractivity contribution in [3.63, 3.8) is 0 Å². The fraction of sp³-hybridized carbons (Fsp3) is 0.240. The Hall–Kier alpha value is -2.70. The van der Waals surface area contributed by atoms with Crippen LogP contribution in [0.2, 0.25) is 5.02 Å². The van der Waals surface area contributed by atoms with Crippen molar-refractivity contribution in [2.75, 3.05) is 11.1 Å². The Bertz CT molecular complexity index is 1550. The number of rotatable bonds is 9. The zero-order valence-electron chi connectivity index (χ0n) is 20.5. The molecular weight excluding hydrogens is 550 g/mol. The van der Waals surface area contributed by atoms with Crippen molar-refractivity contribution < 1.29 is 13.2 Å². The highest BCUT2D eigenvalue weighted by Crippen LogP contribution is 2.41.